The maximum atomic E-state index is 12.7. The fourth-order valence-electron chi connectivity index (χ4n) is 3.23. The molecular weight excluding hydrogens is 422 g/mol. The van der Waals surface area contributed by atoms with Gasteiger partial charge in [-0.25, -0.2) is 4.98 Å². The van der Waals surface area contributed by atoms with Gasteiger partial charge in [-0.3, -0.25) is 4.79 Å². The van der Waals surface area contributed by atoms with Crippen LogP contribution in [0.15, 0.2) is 105 Å². The molecule has 0 N–H and O–H groups in total. The number of ketones is 1. The van der Waals surface area contributed by atoms with Gasteiger partial charge in [0.25, 0.3) is 0 Å². The Hall–Kier alpha value is -3.97. The topological polar surface area (TPSA) is 82.0 Å². The van der Waals surface area contributed by atoms with Crippen molar-refractivity contribution in [1.82, 2.24) is 15.2 Å². The third kappa shape index (κ3) is 4.24. The summed E-state index contributed by atoms with van der Waals surface area (Å²) in [6, 6.07) is 24.8. The van der Waals surface area contributed by atoms with Crippen LogP contribution in [0, 0.1) is 0 Å². The van der Waals surface area contributed by atoms with E-state index in [1.165, 1.54) is 11.8 Å². The van der Waals surface area contributed by atoms with Crippen LogP contribution in [-0.2, 0) is 0 Å². The van der Waals surface area contributed by atoms with Crippen LogP contribution in [0.1, 0.15) is 10.4 Å². The van der Waals surface area contributed by atoms with Gasteiger partial charge in [-0.15, -0.1) is 10.2 Å². The molecule has 0 atom stereocenters. The molecule has 32 heavy (non-hydrogen) atoms. The predicted molar refractivity (Wildman–Crippen MR) is 122 cm³/mol. The Morgan fingerprint density at radius 1 is 0.719 bits per heavy atom. The minimum atomic E-state index is -0.00660. The number of hydrogen-bond acceptors (Lipinski definition) is 7. The van der Waals surface area contributed by atoms with Gasteiger partial charge in [0.2, 0.25) is 5.16 Å². The summed E-state index contributed by atoms with van der Waals surface area (Å²) < 4.78 is 11.0. The first-order valence-electron chi connectivity index (χ1n) is 9.92. The zero-order valence-corrected chi connectivity index (χ0v) is 17.7. The highest BCUT2D eigenvalue weighted by molar-refractivity contribution is 7.99. The molecule has 0 radical (unpaired) electrons. The molecule has 0 aliphatic rings. The number of furan rings is 2. The molecule has 2 aromatic carbocycles. The Bertz CT molecular complexity index is 1320. The Kier molecular flexibility index (Phi) is 5.63. The van der Waals surface area contributed by atoms with Crippen molar-refractivity contribution < 1.29 is 13.6 Å². The number of nitrogens with zero attached hydrogens (tertiary/aromatic N) is 3. The average Bonchev–Trinajstić information content (AvgIpc) is 3.58. The van der Waals surface area contributed by atoms with E-state index >= 15 is 0 Å². The van der Waals surface area contributed by atoms with Gasteiger partial charge in [0.05, 0.1) is 18.3 Å². The molecular formula is C25H17N3O3S. The Morgan fingerprint density at radius 2 is 1.38 bits per heavy atom. The zero-order chi connectivity index (χ0) is 21.8. The lowest BCUT2D eigenvalue weighted by atomic mass is 10.0. The zero-order valence-electron chi connectivity index (χ0n) is 16.8. The molecule has 7 heteroatoms. The second kappa shape index (κ2) is 9.03. The lowest BCUT2D eigenvalue weighted by Crippen LogP contribution is -2.04. The van der Waals surface area contributed by atoms with Crippen LogP contribution in [0.4, 0.5) is 0 Å². The van der Waals surface area contributed by atoms with Crippen molar-refractivity contribution in [3.8, 4) is 34.0 Å². The molecule has 5 rings (SSSR count). The van der Waals surface area contributed by atoms with Gasteiger partial charge < -0.3 is 8.83 Å². The second-order valence-corrected chi connectivity index (χ2v) is 7.84. The SMILES string of the molecule is O=C(CSc1nnc(-c2ccco2)c(-c2ccco2)n1)c1ccc(-c2ccccc2)cc1. The van der Waals surface area contributed by atoms with Crippen LogP contribution in [0.25, 0.3) is 34.0 Å². The first-order chi connectivity index (χ1) is 15.8. The van der Waals surface area contributed by atoms with Crippen molar-refractivity contribution in [2.24, 2.45) is 0 Å². The van der Waals surface area contributed by atoms with Gasteiger partial charge in [0.15, 0.2) is 23.0 Å². The van der Waals surface area contributed by atoms with Crippen molar-refractivity contribution in [3.63, 3.8) is 0 Å². The second-order valence-electron chi connectivity index (χ2n) is 6.90. The van der Waals surface area contributed by atoms with E-state index in [-0.39, 0.29) is 11.5 Å². The van der Waals surface area contributed by atoms with Crippen LogP contribution in [0.3, 0.4) is 0 Å². The van der Waals surface area contributed by atoms with Crippen molar-refractivity contribution in [3.05, 3.63) is 97.0 Å². The number of aromatic nitrogens is 3. The van der Waals surface area contributed by atoms with E-state index in [4.69, 9.17) is 8.83 Å². The average molecular weight is 439 g/mol. The molecule has 0 saturated heterocycles. The fraction of sp³-hybridized carbons (Fsp3) is 0.0400. The highest BCUT2D eigenvalue weighted by atomic mass is 32.2. The number of Topliss-reactive ketones (excluding diaryl/α,β-unsaturated/α-hetero) is 1. The summed E-state index contributed by atoms with van der Waals surface area (Å²) in [5, 5.41) is 8.84. The molecule has 3 heterocycles. The van der Waals surface area contributed by atoms with Gasteiger partial charge in [-0.05, 0) is 35.4 Å². The van der Waals surface area contributed by atoms with E-state index < -0.39 is 0 Å². The van der Waals surface area contributed by atoms with E-state index in [9.17, 15) is 4.79 Å². The number of rotatable bonds is 7. The third-order valence-corrected chi connectivity index (χ3v) is 5.66. The Labute approximate surface area is 188 Å². The molecule has 0 unspecified atom stereocenters. The van der Waals surface area contributed by atoms with E-state index in [1.807, 2.05) is 54.6 Å². The van der Waals surface area contributed by atoms with Gasteiger partial charge in [0, 0.05) is 5.56 Å². The molecule has 3 aromatic heterocycles. The van der Waals surface area contributed by atoms with Crippen molar-refractivity contribution in [2.75, 3.05) is 5.75 Å². The highest BCUT2D eigenvalue weighted by Crippen LogP contribution is 2.30. The summed E-state index contributed by atoms with van der Waals surface area (Å²) in [5.74, 6) is 1.29. The summed E-state index contributed by atoms with van der Waals surface area (Å²) in [6.45, 7) is 0. The molecule has 0 saturated carbocycles. The van der Waals surface area contributed by atoms with Gasteiger partial charge in [-0.2, -0.15) is 0 Å². The molecule has 156 valence electrons. The van der Waals surface area contributed by atoms with E-state index in [2.05, 4.69) is 15.2 Å². The number of hydrogen-bond donors (Lipinski definition) is 0. The lowest BCUT2D eigenvalue weighted by Gasteiger charge is -2.06. The minimum Gasteiger partial charge on any atom is -0.463 e. The lowest BCUT2D eigenvalue weighted by molar-refractivity contribution is 0.102. The smallest absolute Gasteiger partial charge is 0.210 e. The minimum absolute atomic E-state index is 0.00660. The van der Waals surface area contributed by atoms with Crippen LogP contribution in [0.5, 0.6) is 0 Å². The highest BCUT2D eigenvalue weighted by Gasteiger charge is 2.18. The molecule has 0 bridgehead atoms. The molecule has 0 fully saturated rings. The molecule has 0 amide bonds. The molecule has 0 aliphatic carbocycles. The number of benzene rings is 2. The van der Waals surface area contributed by atoms with Crippen LogP contribution < -0.4 is 0 Å². The normalized spacial score (nSPS) is 10.9. The maximum absolute atomic E-state index is 12.7. The van der Waals surface area contributed by atoms with Crippen molar-refractivity contribution >= 4 is 17.5 Å². The van der Waals surface area contributed by atoms with Gasteiger partial charge in [-0.1, -0.05) is 66.4 Å². The number of carbonyl (C=O) groups is 1. The van der Waals surface area contributed by atoms with E-state index in [0.717, 1.165) is 11.1 Å². The van der Waals surface area contributed by atoms with Crippen LogP contribution in [-0.4, -0.2) is 26.7 Å². The Morgan fingerprint density at radius 3 is 2.03 bits per heavy atom. The molecule has 6 nitrogen and oxygen atoms in total. The molecule has 0 spiro atoms. The molecule has 5 aromatic rings. The summed E-state index contributed by atoms with van der Waals surface area (Å²) in [6.07, 6.45) is 3.13. The fourth-order valence-corrected chi connectivity index (χ4v) is 3.91. The maximum Gasteiger partial charge on any atom is 0.210 e. The standard InChI is InChI=1S/C25H17N3O3S/c29-20(19-12-10-18(11-13-19)17-6-2-1-3-7-17)16-32-25-26-23(21-8-4-14-30-21)24(27-28-25)22-9-5-15-31-22/h1-15H,16H2. The number of carbonyl (C=O) groups excluding carboxylic acids is 1. The third-order valence-electron chi connectivity index (χ3n) is 4.82. The van der Waals surface area contributed by atoms with E-state index in [0.29, 0.717) is 33.6 Å². The quantitative estimate of drug-likeness (QED) is 0.226. The summed E-state index contributed by atoms with van der Waals surface area (Å²) >= 11 is 1.23. The largest absolute Gasteiger partial charge is 0.463 e. The Balaban J connectivity index is 1.32. The van der Waals surface area contributed by atoms with Crippen LogP contribution in [0.2, 0.25) is 0 Å². The van der Waals surface area contributed by atoms with Gasteiger partial charge in [0.1, 0.15) is 5.69 Å². The summed E-state index contributed by atoms with van der Waals surface area (Å²) in [4.78, 5) is 17.3. The van der Waals surface area contributed by atoms with Gasteiger partial charge >= 0.3 is 0 Å². The van der Waals surface area contributed by atoms with E-state index in [1.54, 1.807) is 36.8 Å². The predicted octanol–water partition coefficient (Wildman–Crippen LogP) is 6.03. The van der Waals surface area contributed by atoms with Crippen LogP contribution >= 0.6 is 11.8 Å². The number of thioether (sulfide) groups is 1. The first kappa shape index (κ1) is 20.0. The summed E-state index contributed by atoms with van der Waals surface area (Å²) in [7, 11) is 0. The van der Waals surface area contributed by atoms with Crippen molar-refractivity contribution in [1.29, 1.82) is 0 Å². The van der Waals surface area contributed by atoms with Crippen molar-refractivity contribution in [2.45, 2.75) is 5.16 Å². The molecule has 0 aliphatic heterocycles. The summed E-state index contributed by atoms with van der Waals surface area (Å²) in [5.41, 5.74) is 3.82. The monoisotopic (exact) mass is 439 g/mol. The first-order valence-corrected chi connectivity index (χ1v) is 10.9.